The smallest absolute Gasteiger partial charge is 0.320 e. The molecule has 1 aromatic rings. The standard InChI is InChI=1S/C20H30N4O3.2ClH/c1-27-19(25)14-16-6-8-23(9-7-16)20(26)24-12-10-22(11-13-24)18-4-2-17(15-21)3-5-18;;/h2-5,16H,6-15,21H2,1H3;2*1H. The highest BCUT2D eigenvalue weighted by molar-refractivity contribution is 5.85. The number of nitrogens with zero attached hydrogens (tertiary/aromatic N) is 3. The first-order valence-corrected chi connectivity index (χ1v) is 9.75. The van der Waals surface area contributed by atoms with Crippen LogP contribution >= 0.6 is 24.8 Å². The number of benzene rings is 1. The zero-order valence-corrected chi connectivity index (χ0v) is 18.6. The molecule has 2 fully saturated rings. The fourth-order valence-corrected chi connectivity index (χ4v) is 3.85. The van der Waals surface area contributed by atoms with Gasteiger partial charge in [0, 0.05) is 57.9 Å². The number of halogens is 2. The van der Waals surface area contributed by atoms with E-state index in [1.807, 2.05) is 9.80 Å². The van der Waals surface area contributed by atoms with Crippen molar-refractivity contribution in [1.29, 1.82) is 0 Å². The molecular formula is C20H32Cl2N4O3. The van der Waals surface area contributed by atoms with Gasteiger partial charge in [-0.05, 0) is 36.5 Å². The Labute approximate surface area is 185 Å². The van der Waals surface area contributed by atoms with Crippen LogP contribution in [0, 0.1) is 5.92 Å². The Hall–Kier alpha value is -1.70. The fraction of sp³-hybridized carbons (Fsp3) is 0.600. The van der Waals surface area contributed by atoms with Crippen LogP contribution in [0.25, 0.3) is 0 Å². The molecule has 0 saturated carbocycles. The second-order valence-electron chi connectivity index (χ2n) is 7.34. The Morgan fingerprint density at radius 3 is 2.03 bits per heavy atom. The second kappa shape index (κ2) is 12.1. The summed E-state index contributed by atoms with van der Waals surface area (Å²) < 4.78 is 4.74. The Morgan fingerprint density at radius 1 is 0.966 bits per heavy atom. The number of methoxy groups -OCH3 is 1. The van der Waals surface area contributed by atoms with Gasteiger partial charge >= 0.3 is 12.0 Å². The molecule has 0 spiro atoms. The van der Waals surface area contributed by atoms with E-state index < -0.39 is 0 Å². The quantitative estimate of drug-likeness (QED) is 0.718. The van der Waals surface area contributed by atoms with Crippen LogP contribution in [-0.2, 0) is 16.1 Å². The zero-order valence-electron chi connectivity index (χ0n) is 16.9. The van der Waals surface area contributed by atoms with Gasteiger partial charge in [-0.3, -0.25) is 4.79 Å². The average Bonchev–Trinajstić information content (AvgIpc) is 2.74. The molecule has 2 amide bonds. The van der Waals surface area contributed by atoms with E-state index in [4.69, 9.17) is 10.5 Å². The molecule has 2 aliphatic rings. The van der Waals surface area contributed by atoms with Gasteiger partial charge in [0.25, 0.3) is 0 Å². The van der Waals surface area contributed by atoms with Crippen LogP contribution in [0.1, 0.15) is 24.8 Å². The Morgan fingerprint density at radius 2 is 1.52 bits per heavy atom. The summed E-state index contributed by atoms with van der Waals surface area (Å²) in [7, 11) is 1.42. The van der Waals surface area contributed by atoms with Crippen molar-refractivity contribution in [2.75, 3.05) is 51.3 Å². The average molecular weight is 447 g/mol. The third-order valence-electron chi connectivity index (χ3n) is 5.66. The number of carbonyl (C=O) groups excluding carboxylic acids is 2. The highest BCUT2D eigenvalue weighted by atomic mass is 35.5. The summed E-state index contributed by atoms with van der Waals surface area (Å²) in [5.41, 5.74) is 7.97. The van der Waals surface area contributed by atoms with Gasteiger partial charge in [-0.25, -0.2) is 4.79 Å². The summed E-state index contributed by atoms with van der Waals surface area (Å²) in [6.07, 6.45) is 2.20. The molecule has 2 aliphatic heterocycles. The molecule has 0 unspecified atom stereocenters. The van der Waals surface area contributed by atoms with Crippen LogP contribution < -0.4 is 10.6 Å². The predicted molar refractivity (Wildman–Crippen MR) is 119 cm³/mol. The minimum Gasteiger partial charge on any atom is -0.469 e. The van der Waals surface area contributed by atoms with Gasteiger partial charge < -0.3 is 25.2 Å². The number of anilines is 1. The number of esters is 1. The molecule has 0 aliphatic carbocycles. The number of piperidine rings is 1. The molecule has 0 bridgehead atoms. The van der Waals surface area contributed by atoms with E-state index in [-0.39, 0.29) is 36.8 Å². The van der Waals surface area contributed by atoms with Crippen molar-refractivity contribution in [3.05, 3.63) is 29.8 Å². The maximum Gasteiger partial charge on any atom is 0.320 e. The highest BCUT2D eigenvalue weighted by Gasteiger charge is 2.29. The van der Waals surface area contributed by atoms with E-state index in [1.54, 1.807) is 0 Å². The summed E-state index contributed by atoms with van der Waals surface area (Å²) in [6, 6.07) is 8.46. The molecule has 0 atom stereocenters. The van der Waals surface area contributed by atoms with Crippen molar-refractivity contribution < 1.29 is 14.3 Å². The minimum absolute atomic E-state index is 0. The number of hydrogen-bond donors (Lipinski definition) is 1. The molecule has 2 saturated heterocycles. The lowest BCUT2D eigenvalue weighted by Crippen LogP contribution is -2.54. The Bertz CT molecular complexity index is 644. The first-order valence-electron chi connectivity index (χ1n) is 9.75. The van der Waals surface area contributed by atoms with Crippen molar-refractivity contribution in [3.63, 3.8) is 0 Å². The SMILES string of the molecule is COC(=O)CC1CCN(C(=O)N2CCN(c3ccc(CN)cc3)CC2)CC1.Cl.Cl. The van der Waals surface area contributed by atoms with Gasteiger partial charge in [0.2, 0.25) is 0 Å². The van der Waals surface area contributed by atoms with Crippen molar-refractivity contribution in [1.82, 2.24) is 9.80 Å². The van der Waals surface area contributed by atoms with Gasteiger partial charge in [-0.2, -0.15) is 0 Å². The van der Waals surface area contributed by atoms with E-state index in [2.05, 4.69) is 29.2 Å². The van der Waals surface area contributed by atoms with E-state index >= 15 is 0 Å². The number of piperazine rings is 1. The molecule has 7 nitrogen and oxygen atoms in total. The molecule has 0 aromatic heterocycles. The lowest BCUT2D eigenvalue weighted by atomic mass is 9.94. The Kier molecular flexibility index (Phi) is 10.6. The van der Waals surface area contributed by atoms with E-state index in [9.17, 15) is 9.59 Å². The van der Waals surface area contributed by atoms with Crippen LogP contribution in [0.15, 0.2) is 24.3 Å². The molecule has 2 heterocycles. The van der Waals surface area contributed by atoms with Crippen molar-refractivity contribution in [2.45, 2.75) is 25.8 Å². The lowest BCUT2D eigenvalue weighted by molar-refractivity contribution is -0.142. The first kappa shape index (κ1) is 25.3. The number of carbonyl (C=O) groups is 2. The molecule has 3 rings (SSSR count). The Balaban J connectivity index is 0.00000210. The molecule has 9 heteroatoms. The van der Waals surface area contributed by atoms with Crippen LogP contribution in [0.3, 0.4) is 0 Å². The highest BCUT2D eigenvalue weighted by Crippen LogP contribution is 2.23. The van der Waals surface area contributed by atoms with E-state index in [0.29, 0.717) is 18.9 Å². The number of hydrogen-bond acceptors (Lipinski definition) is 5. The van der Waals surface area contributed by atoms with Crippen molar-refractivity contribution in [2.24, 2.45) is 11.7 Å². The maximum atomic E-state index is 12.8. The number of amides is 2. The molecular weight excluding hydrogens is 415 g/mol. The van der Waals surface area contributed by atoms with Crippen LogP contribution in [-0.4, -0.2) is 68.2 Å². The van der Waals surface area contributed by atoms with Crippen LogP contribution in [0.5, 0.6) is 0 Å². The topological polar surface area (TPSA) is 79.1 Å². The number of rotatable bonds is 4. The summed E-state index contributed by atoms with van der Waals surface area (Å²) in [4.78, 5) is 30.4. The molecule has 0 radical (unpaired) electrons. The molecule has 29 heavy (non-hydrogen) atoms. The van der Waals surface area contributed by atoms with Gasteiger partial charge in [-0.15, -0.1) is 24.8 Å². The van der Waals surface area contributed by atoms with Crippen molar-refractivity contribution >= 4 is 42.5 Å². The normalized spacial score (nSPS) is 17.2. The fourth-order valence-electron chi connectivity index (χ4n) is 3.85. The summed E-state index contributed by atoms with van der Waals surface area (Å²) in [5.74, 6) is 0.172. The largest absolute Gasteiger partial charge is 0.469 e. The molecule has 2 N–H and O–H groups in total. The molecule has 1 aromatic carbocycles. The predicted octanol–water partition coefficient (Wildman–Crippen LogP) is 2.51. The third kappa shape index (κ3) is 6.66. The maximum absolute atomic E-state index is 12.8. The monoisotopic (exact) mass is 446 g/mol. The second-order valence-corrected chi connectivity index (χ2v) is 7.34. The van der Waals surface area contributed by atoms with E-state index in [0.717, 1.165) is 57.7 Å². The van der Waals surface area contributed by atoms with E-state index in [1.165, 1.54) is 12.8 Å². The zero-order chi connectivity index (χ0) is 19.2. The van der Waals surface area contributed by atoms with Gasteiger partial charge in [-0.1, -0.05) is 12.1 Å². The lowest BCUT2D eigenvalue weighted by Gasteiger charge is -2.40. The number of likely N-dealkylation sites (tertiary alicyclic amines) is 1. The number of nitrogens with two attached hydrogens (primary N) is 1. The van der Waals surface area contributed by atoms with Crippen LogP contribution in [0.4, 0.5) is 10.5 Å². The third-order valence-corrected chi connectivity index (χ3v) is 5.66. The number of urea groups is 1. The summed E-state index contributed by atoms with van der Waals surface area (Å²) in [5, 5.41) is 0. The minimum atomic E-state index is -0.157. The first-order chi connectivity index (χ1) is 13.1. The summed E-state index contributed by atoms with van der Waals surface area (Å²) in [6.45, 7) is 5.15. The van der Waals surface area contributed by atoms with Crippen LogP contribution in [0.2, 0.25) is 0 Å². The summed E-state index contributed by atoms with van der Waals surface area (Å²) >= 11 is 0. The van der Waals surface area contributed by atoms with Gasteiger partial charge in [0.05, 0.1) is 7.11 Å². The van der Waals surface area contributed by atoms with Crippen molar-refractivity contribution in [3.8, 4) is 0 Å². The molecule has 164 valence electrons. The van der Waals surface area contributed by atoms with Gasteiger partial charge in [0.15, 0.2) is 0 Å². The number of ether oxygens (including phenoxy) is 1. The van der Waals surface area contributed by atoms with Gasteiger partial charge in [0.1, 0.15) is 0 Å².